The van der Waals surface area contributed by atoms with Crippen LogP contribution < -0.4 is 20.9 Å². The topological polar surface area (TPSA) is 114 Å². The fraction of sp³-hybridized carbons (Fsp3) is 0.323. The van der Waals surface area contributed by atoms with E-state index in [4.69, 9.17) is 9.97 Å². The van der Waals surface area contributed by atoms with E-state index in [1.54, 1.807) is 6.20 Å². The minimum Gasteiger partial charge on any atom is -0.368 e. The smallest absolute Gasteiger partial charge is 0.246 e. The Hall–Kier alpha value is -4.77. The minimum atomic E-state index is -0.0534. The first-order chi connectivity index (χ1) is 20.5. The number of aromatic nitrogens is 4. The third-order valence-corrected chi connectivity index (χ3v) is 7.73. The molecule has 4 aromatic rings. The van der Waals surface area contributed by atoms with Gasteiger partial charge in [0, 0.05) is 56.4 Å². The normalized spacial score (nSPS) is 17.6. The van der Waals surface area contributed by atoms with Gasteiger partial charge in [-0.2, -0.15) is 4.98 Å². The lowest BCUT2D eigenvalue weighted by Crippen LogP contribution is -2.44. The number of anilines is 6. The van der Waals surface area contributed by atoms with Gasteiger partial charge < -0.3 is 30.7 Å². The number of piperazine rings is 1. The Morgan fingerprint density at radius 1 is 0.952 bits per heavy atom. The van der Waals surface area contributed by atoms with Crippen LogP contribution in [0.3, 0.4) is 0 Å². The molecule has 2 aliphatic heterocycles. The molecule has 11 heteroatoms. The van der Waals surface area contributed by atoms with E-state index >= 15 is 0 Å². The lowest BCUT2D eigenvalue weighted by molar-refractivity contribution is -0.127. The molecule has 0 unspecified atom stereocenters. The number of nitrogens with zero attached hydrogens (tertiary/aromatic N) is 7. The SMILES string of the molecule is C=CC(=O)N1CCC[C@H](Nc2nc(Nc3ccccc3)nc3cnc(Nc4ccc(N5CCN(C)CC5)cn4)cc23)C1. The number of likely N-dealkylation sites (tertiary alicyclic amines) is 1. The van der Waals surface area contributed by atoms with Crippen LogP contribution in [0.2, 0.25) is 0 Å². The third-order valence-electron chi connectivity index (χ3n) is 7.73. The van der Waals surface area contributed by atoms with Crippen molar-refractivity contribution in [2.24, 2.45) is 0 Å². The van der Waals surface area contributed by atoms with Crippen molar-refractivity contribution in [3.8, 4) is 0 Å². The maximum Gasteiger partial charge on any atom is 0.246 e. The van der Waals surface area contributed by atoms with E-state index in [2.05, 4.69) is 55.4 Å². The van der Waals surface area contributed by atoms with Crippen molar-refractivity contribution in [2.75, 3.05) is 67.2 Å². The number of pyridine rings is 2. The van der Waals surface area contributed by atoms with Crippen LogP contribution >= 0.6 is 0 Å². The molecule has 2 saturated heterocycles. The van der Waals surface area contributed by atoms with Gasteiger partial charge in [-0.3, -0.25) is 4.79 Å². The average Bonchev–Trinajstić information content (AvgIpc) is 3.02. The number of amides is 1. The van der Waals surface area contributed by atoms with Gasteiger partial charge in [-0.25, -0.2) is 15.0 Å². The highest BCUT2D eigenvalue weighted by Gasteiger charge is 2.24. The maximum absolute atomic E-state index is 12.3. The van der Waals surface area contributed by atoms with Crippen LogP contribution in [0, 0.1) is 0 Å². The van der Waals surface area contributed by atoms with Crippen LogP contribution in [0.25, 0.3) is 10.9 Å². The monoisotopic (exact) mass is 564 g/mol. The van der Waals surface area contributed by atoms with E-state index < -0.39 is 0 Å². The second-order valence-electron chi connectivity index (χ2n) is 10.8. The van der Waals surface area contributed by atoms with E-state index in [1.165, 1.54) is 6.08 Å². The summed E-state index contributed by atoms with van der Waals surface area (Å²) in [6.45, 7) is 9.04. The Kier molecular flexibility index (Phi) is 8.09. The van der Waals surface area contributed by atoms with E-state index in [9.17, 15) is 4.79 Å². The zero-order chi connectivity index (χ0) is 28.9. The summed E-state index contributed by atoms with van der Waals surface area (Å²) in [7, 11) is 2.15. The van der Waals surface area contributed by atoms with Crippen LogP contribution in [0.4, 0.5) is 34.8 Å². The lowest BCUT2D eigenvalue weighted by Gasteiger charge is -2.33. The van der Waals surface area contributed by atoms with Gasteiger partial charge in [0.2, 0.25) is 11.9 Å². The molecule has 3 N–H and O–H groups in total. The number of rotatable bonds is 8. The molecule has 1 atom stereocenters. The molecule has 3 aromatic heterocycles. The molecule has 42 heavy (non-hydrogen) atoms. The predicted molar refractivity (Wildman–Crippen MR) is 168 cm³/mol. The molecule has 1 aromatic carbocycles. The van der Waals surface area contributed by atoms with Crippen molar-refractivity contribution in [3.05, 3.63) is 73.6 Å². The molecule has 0 aliphatic carbocycles. The standard InChI is InChI=1S/C31H36N10O/c1-3-29(42)41-13-7-10-23(21-41)34-30-25-18-28(33-20-26(25)36-31(38-30)35-22-8-5-4-6-9-22)37-27-12-11-24(19-32-27)40-16-14-39(2)15-17-40/h3-6,8-9,11-12,18-20,23H,1,7,10,13-17,21H2,2H3,(H,32,33,37)(H2,34,35,36,38)/t23-/m0/s1. The average molecular weight is 565 g/mol. The fourth-order valence-electron chi connectivity index (χ4n) is 5.38. The first-order valence-electron chi connectivity index (χ1n) is 14.4. The van der Waals surface area contributed by atoms with Crippen molar-refractivity contribution in [1.82, 2.24) is 29.7 Å². The number of hydrogen-bond donors (Lipinski definition) is 3. The highest BCUT2D eigenvalue weighted by molar-refractivity contribution is 5.92. The molecule has 216 valence electrons. The van der Waals surface area contributed by atoms with Crippen molar-refractivity contribution in [1.29, 1.82) is 0 Å². The highest BCUT2D eigenvalue weighted by atomic mass is 16.2. The second kappa shape index (κ2) is 12.4. The second-order valence-corrected chi connectivity index (χ2v) is 10.8. The van der Waals surface area contributed by atoms with Crippen molar-refractivity contribution in [2.45, 2.75) is 18.9 Å². The van der Waals surface area contributed by atoms with Gasteiger partial charge in [0.05, 0.1) is 23.6 Å². The Labute approximate surface area is 245 Å². The molecule has 6 rings (SSSR count). The quantitative estimate of drug-likeness (QED) is 0.268. The number of nitrogens with one attached hydrogen (secondary N) is 3. The maximum atomic E-state index is 12.3. The summed E-state index contributed by atoms with van der Waals surface area (Å²) in [6, 6.07) is 15.9. The first-order valence-corrected chi connectivity index (χ1v) is 14.4. The van der Waals surface area contributed by atoms with Gasteiger partial charge in [-0.15, -0.1) is 0 Å². The van der Waals surface area contributed by atoms with Gasteiger partial charge in [-0.1, -0.05) is 24.8 Å². The van der Waals surface area contributed by atoms with Gasteiger partial charge in [0.25, 0.3) is 0 Å². The summed E-state index contributed by atoms with van der Waals surface area (Å²) in [5.41, 5.74) is 2.71. The fourth-order valence-corrected chi connectivity index (χ4v) is 5.38. The van der Waals surface area contributed by atoms with Gasteiger partial charge in [-0.05, 0) is 56.3 Å². The number of para-hydroxylation sites is 1. The number of likely N-dealkylation sites (N-methyl/N-ethyl adjacent to an activating group) is 1. The number of fused-ring (bicyclic) bond motifs is 1. The Morgan fingerprint density at radius 2 is 1.76 bits per heavy atom. The number of carbonyl (C=O) groups is 1. The van der Waals surface area contributed by atoms with Crippen molar-refractivity contribution in [3.63, 3.8) is 0 Å². The molecule has 0 spiro atoms. The molecule has 11 nitrogen and oxygen atoms in total. The Bertz CT molecular complexity index is 1540. The molecule has 1 amide bonds. The zero-order valence-corrected chi connectivity index (χ0v) is 23.8. The van der Waals surface area contributed by atoms with Gasteiger partial charge in [0.15, 0.2) is 0 Å². The summed E-state index contributed by atoms with van der Waals surface area (Å²) in [6.07, 6.45) is 6.85. The summed E-state index contributed by atoms with van der Waals surface area (Å²) >= 11 is 0. The summed E-state index contributed by atoms with van der Waals surface area (Å²) in [4.78, 5) is 37.7. The molecule has 2 fully saturated rings. The van der Waals surface area contributed by atoms with Crippen molar-refractivity contribution >= 4 is 51.6 Å². The highest BCUT2D eigenvalue weighted by Crippen LogP contribution is 2.28. The van der Waals surface area contributed by atoms with E-state index in [-0.39, 0.29) is 11.9 Å². The lowest BCUT2D eigenvalue weighted by atomic mass is 10.1. The minimum absolute atomic E-state index is 0.0404. The van der Waals surface area contributed by atoms with Gasteiger partial charge >= 0.3 is 0 Å². The van der Waals surface area contributed by atoms with Gasteiger partial charge in [0.1, 0.15) is 17.5 Å². The predicted octanol–water partition coefficient (Wildman–Crippen LogP) is 4.25. The summed E-state index contributed by atoms with van der Waals surface area (Å²) in [5.74, 6) is 2.45. The molecule has 0 radical (unpaired) electrons. The summed E-state index contributed by atoms with van der Waals surface area (Å²) < 4.78 is 0. The summed E-state index contributed by atoms with van der Waals surface area (Å²) in [5, 5.41) is 11.1. The van der Waals surface area contributed by atoms with Crippen LogP contribution in [0.5, 0.6) is 0 Å². The molecule has 0 saturated carbocycles. The zero-order valence-electron chi connectivity index (χ0n) is 23.8. The van der Waals surface area contributed by atoms with Crippen LogP contribution in [0.1, 0.15) is 12.8 Å². The number of hydrogen-bond acceptors (Lipinski definition) is 10. The molecule has 2 aliphatic rings. The number of piperidine rings is 1. The molecular formula is C31H36N10O. The first kappa shape index (κ1) is 27.4. The van der Waals surface area contributed by atoms with Crippen molar-refractivity contribution < 1.29 is 4.79 Å². The molecule has 5 heterocycles. The Morgan fingerprint density at radius 3 is 2.52 bits per heavy atom. The van der Waals surface area contributed by atoms with Crippen LogP contribution in [0.15, 0.2) is 73.6 Å². The van der Waals surface area contributed by atoms with Crippen LogP contribution in [-0.2, 0) is 4.79 Å². The van der Waals surface area contributed by atoms with Crippen LogP contribution in [-0.4, -0.2) is 88.0 Å². The molecule has 0 bridgehead atoms. The Balaban J connectivity index is 1.26. The number of benzene rings is 1. The largest absolute Gasteiger partial charge is 0.368 e. The van der Waals surface area contributed by atoms with E-state index in [1.807, 2.05) is 53.6 Å². The van der Waals surface area contributed by atoms with E-state index in [0.717, 1.165) is 62.3 Å². The third kappa shape index (κ3) is 6.41. The number of carbonyl (C=O) groups excluding carboxylic acids is 1. The van der Waals surface area contributed by atoms with E-state index in [0.29, 0.717) is 35.5 Å². The molecular weight excluding hydrogens is 528 g/mol.